The van der Waals surface area contributed by atoms with Gasteiger partial charge in [0.1, 0.15) is 12.0 Å². The molecule has 0 heterocycles. The molecule has 3 heteroatoms. The number of hydrogen-bond acceptors (Lipinski definition) is 2. The van der Waals surface area contributed by atoms with Crippen LogP contribution in [0.3, 0.4) is 0 Å². The fourth-order valence-electron chi connectivity index (χ4n) is 2.02. The molecule has 80 valence electrons. The lowest BCUT2D eigenvalue weighted by Crippen LogP contribution is -2.18. The van der Waals surface area contributed by atoms with Crippen molar-refractivity contribution in [2.24, 2.45) is 5.92 Å². The van der Waals surface area contributed by atoms with E-state index in [0.29, 0.717) is 0 Å². The zero-order valence-electron chi connectivity index (χ0n) is 8.57. The van der Waals surface area contributed by atoms with Crippen LogP contribution in [0.15, 0.2) is 18.2 Å². The van der Waals surface area contributed by atoms with Gasteiger partial charge >= 0.3 is 0 Å². The summed E-state index contributed by atoms with van der Waals surface area (Å²) in [7, 11) is 1.63. The van der Waals surface area contributed by atoms with Gasteiger partial charge in [0.2, 0.25) is 0 Å². The Morgan fingerprint density at radius 3 is 3.00 bits per heavy atom. The number of benzene rings is 1. The van der Waals surface area contributed by atoms with Crippen LogP contribution in [0.2, 0.25) is 0 Å². The third kappa shape index (κ3) is 1.86. The van der Waals surface area contributed by atoms with E-state index in [1.54, 1.807) is 7.11 Å². The molecule has 0 fully saturated rings. The van der Waals surface area contributed by atoms with Gasteiger partial charge in [-0.25, -0.2) is 0 Å². The van der Waals surface area contributed by atoms with Crippen LogP contribution >= 0.6 is 11.6 Å². The first-order valence-electron chi connectivity index (χ1n) is 5.02. The molecule has 1 aliphatic carbocycles. The van der Waals surface area contributed by atoms with Gasteiger partial charge in [-0.3, -0.25) is 0 Å². The summed E-state index contributed by atoms with van der Waals surface area (Å²) >= 11 is 6.26. The fraction of sp³-hybridized carbons (Fsp3) is 0.417. The quantitative estimate of drug-likeness (QED) is 0.570. The molecule has 2 nitrogen and oxygen atoms in total. The average molecular weight is 225 g/mol. The molecule has 0 bridgehead atoms. The SMILES string of the molecule is COc1ccc2c(c1)C(Cl)C(C=O)CC2. The maximum atomic E-state index is 10.8. The van der Waals surface area contributed by atoms with Crippen molar-refractivity contribution in [1.29, 1.82) is 0 Å². The van der Waals surface area contributed by atoms with Crippen LogP contribution in [0, 0.1) is 5.92 Å². The Morgan fingerprint density at radius 2 is 2.33 bits per heavy atom. The molecule has 2 rings (SSSR count). The van der Waals surface area contributed by atoms with Crippen molar-refractivity contribution in [3.63, 3.8) is 0 Å². The summed E-state index contributed by atoms with van der Waals surface area (Å²) in [4.78, 5) is 10.8. The molecule has 0 amide bonds. The van der Waals surface area contributed by atoms with Gasteiger partial charge < -0.3 is 9.53 Å². The lowest BCUT2D eigenvalue weighted by atomic mass is 9.84. The topological polar surface area (TPSA) is 26.3 Å². The molecule has 0 saturated carbocycles. The largest absolute Gasteiger partial charge is 0.497 e. The van der Waals surface area contributed by atoms with Gasteiger partial charge in [0.25, 0.3) is 0 Å². The van der Waals surface area contributed by atoms with E-state index in [1.807, 2.05) is 18.2 Å². The van der Waals surface area contributed by atoms with E-state index in [1.165, 1.54) is 5.56 Å². The third-order valence-electron chi connectivity index (χ3n) is 2.95. The first kappa shape index (κ1) is 10.5. The minimum atomic E-state index is -0.207. The van der Waals surface area contributed by atoms with Crippen molar-refractivity contribution in [1.82, 2.24) is 0 Å². The summed E-state index contributed by atoms with van der Waals surface area (Å²) in [5.41, 5.74) is 2.27. The van der Waals surface area contributed by atoms with E-state index in [4.69, 9.17) is 16.3 Å². The molecule has 0 radical (unpaired) electrons. The molecule has 15 heavy (non-hydrogen) atoms. The molecule has 1 aromatic carbocycles. The summed E-state index contributed by atoms with van der Waals surface area (Å²) in [6.07, 6.45) is 2.73. The molecule has 0 spiro atoms. The number of rotatable bonds is 2. The van der Waals surface area contributed by atoms with Gasteiger partial charge in [-0.05, 0) is 36.1 Å². The monoisotopic (exact) mass is 224 g/mol. The Bertz CT molecular complexity index is 376. The normalized spacial score (nSPS) is 24.4. The number of fused-ring (bicyclic) bond motifs is 1. The molecular formula is C12H13ClO2. The standard InChI is InChI=1S/C12H13ClO2/c1-15-10-5-4-8-2-3-9(7-14)12(13)11(8)6-10/h4-7,9,12H,2-3H2,1H3. The van der Waals surface area contributed by atoms with Crippen LogP contribution in [0.25, 0.3) is 0 Å². The Morgan fingerprint density at radius 1 is 1.53 bits per heavy atom. The van der Waals surface area contributed by atoms with Crippen molar-refractivity contribution in [3.8, 4) is 5.75 Å². The number of aryl methyl sites for hydroxylation is 1. The predicted molar refractivity (Wildman–Crippen MR) is 59.5 cm³/mol. The second kappa shape index (κ2) is 4.23. The second-order valence-corrected chi connectivity index (χ2v) is 4.28. The van der Waals surface area contributed by atoms with Crippen molar-refractivity contribution in [3.05, 3.63) is 29.3 Å². The Labute approximate surface area is 94.2 Å². The lowest BCUT2D eigenvalue weighted by Gasteiger charge is -2.26. The molecule has 1 aliphatic rings. The number of aldehydes is 1. The van der Waals surface area contributed by atoms with Crippen LogP contribution in [0.1, 0.15) is 22.9 Å². The van der Waals surface area contributed by atoms with E-state index in [0.717, 1.165) is 30.4 Å². The molecule has 0 aliphatic heterocycles. The number of ether oxygens (including phenoxy) is 1. The number of halogens is 1. The number of methoxy groups -OCH3 is 1. The smallest absolute Gasteiger partial charge is 0.124 e. The molecule has 1 aromatic rings. The zero-order valence-corrected chi connectivity index (χ0v) is 9.33. The molecule has 0 aromatic heterocycles. The maximum Gasteiger partial charge on any atom is 0.124 e. The van der Waals surface area contributed by atoms with Gasteiger partial charge in [0.05, 0.1) is 12.5 Å². The number of hydrogen-bond donors (Lipinski definition) is 0. The predicted octanol–water partition coefficient (Wildman–Crippen LogP) is 2.74. The van der Waals surface area contributed by atoms with E-state index < -0.39 is 0 Å². The highest BCUT2D eigenvalue weighted by molar-refractivity contribution is 6.22. The third-order valence-corrected chi connectivity index (χ3v) is 3.51. The summed E-state index contributed by atoms with van der Waals surface area (Å²) in [5, 5.41) is -0.207. The number of carbonyl (C=O) groups is 1. The van der Waals surface area contributed by atoms with Crippen LogP contribution in [-0.2, 0) is 11.2 Å². The van der Waals surface area contributed by atoms with E-state index >= 15 is 0 Å². The zero-order chi connectivity index (χ0) is 10.8. The van der Waals surface area contributed by atoms with Crippen molar-refractivity contribution in [2.75, 3.05) is 7.11 Å². The van der Waals surface area contributed by atoms with Crippen molar-refractivity contribution in [2.45, 2.75) is 18.2 Å². The Kier molecular flexibility index (Phi) is 2.96. The fourth-order valence-corrected chi connectivity index (χ4v) is 2.41. The minimum Gasteiger partial charge on any atom is -0.497 e. The van der Waals surface area contributed by atoms with Crippen LogP contribution in [-0.4, -0.2) is 13.4 Å². The number of alkyl halides is 1. The number of carbonyl (C=O) groups excluding carboxylic acids is 1. The lowest BCUT2D eigenvalue weighted by molar-refractivity contribution is -0.111. The summed E-state index contributed by atoms with van der Waals surface area (Å²) < 4.78 is 5.15. The highest BCUT2D eigenvalue weighted by atomic mass is 35.5. The van der Waals surface area contributed by atoms with Gasteiger partial charge in [0, 0.05) is 5.92 Å². The Balaban J connectivity index is 2.39. The highest BCUT2D eigenvalue weighted by Crippen LogP contribution is 2.39. The maximum absolute atomic E-state index is 10.8. The molecule has 0 N–H and O–H groups in total. The Hall–Kier alpha value is -1.02. The first-order chi connectivity index (χ1) is 7.26. The van der Waals surface area contributed by atoms with E-state index in [2.05, 4.69) is 0 Å². The van der Waals surface area contributed by atoms with E-state index in [9.17, 15) is 4.79 Å². The molecule has 0 saturated heterocycles. The summed E-state index contributed by atoms with van der Waals surface area (Å²) in [5.74, 6) is 0.734. The molecular weight excluding hydrogens is 212 g/mol. The van der Waals surface area contributed by atoms with Crippen molar-refractivity contribution >= 4 is 17.9 Å². The summed E-state index contributed by atoms with van der Waals surface area (Å²) in [6.45, 7) is 0. The van der Waals surface area contributed by atoms with Crippen LogP contribution in [0.5, 0.6) is 5.75 Å². The highest BCUT2D eigenvalue weighted by Gasteiger charge is 2.27. The van der Waals surface area contributed by atoms with E-state index in [-0.39, 0.29) is 11.3 Å². The van der Waals surface area contributed by atoms with Crippen LogP contribution < -0.4 is 4.74 Å². The molecule has 2 unspecified atom stereocenters. The van der Waals surface area contributed by atoms with Gasteiger partial charge in [0.15, 0.2) is 0 Å². The van der Waals surface area contributed by atoms with Gasteiger partial charge in [-0.1, -0.05) is 6.07 Å². The first-order valence-corrected chi connectivity index (χ1v) is 5.46. The minimum absolute atomic E-state index is 0.0636. The summed E-state index contributed by atoms with van der Waals surface area (Å²) in [6, 6.07) is 5.90. The van der Waals surface area contributed by atoms with Gasteiger partial charge in [-0.2, -0.15) is 0 Å². The average Bonchev–Trinajstić information content (AvgIpc) is 2.29. The van der Waals surface area contributed by atoms with Crippen LogP contribution in [0.4, 0.5) is 0 Å². The second-order valence-electron chi connectivity index (χ2n) is 3.81. The molecule has 2 atom stereocenters. The van der Waals surface area contributed by atoms with Gasteiger partial charge in [-0.15, -0.1) is 11.6 Å². The van der Waals surface area contributed by atoms with Crippen molar-refractivity contribution < 1.29 is 9.53 Å².